The fourth-order valence-electron chi connectivity index (χ4n) is 0. The van der Waals surface area contributed by atoms with Gasteiger partial charge in [-0.2, -0.15) is 0 Å². The average Bonchev–Trinajstić information content (AvgIpc) is 0. The molecule has 0 aromatic carbocycles. The molecule has 0 aliphatic heterocycles. The van der Waals surface area contributed by atoms with E-state index in [9.17, 15) is 0 Å². The molecule has 0 rings (SSSR count). The Balaban J connectivity index is 0. The van der Waals surface area contributed by atoms with Crippen molar-refractivity contribution in [1.29, 1.82) is 0 Å². The van der Waals surface area contributed by atoms with Crippen LogP contribution in [-0.2, 0) is 49.5 Å². The Morgan fingerprint density at radius 2 is 0.500 bits per heavy atom. The van der Waals surface area contributed by atoms with Gasteiger partial charge in [0, 0.05) is 66.8 Å². The van der Waals surface area contributed by atoms with Gasteiger partial charge in [-0.25, -0.2) is 0 Å². The first-order valence-corrected chi connectivity index (χ1v) is 0. The standard InChI is InChI=1S/Al.3Ni. The van der Waals surface area contributed by atoms with Crippen LogP contribution in [0.15, 0.2) is 0 Å². The fraction of sp³-hybridized carbons (Fsp3) is 0. The van der Waals surface area contributed by atoms with Crippen molar-refractivity contribution in [2.45, 2.75) is 0 Å². The molecular formula is AlNi3. The van der Waals surface area contributed by atoms with Crippen LogP contribution in [0.1, 0.15) is 0 Å². The Labute approximate surface area is 66.4 Å². The van der Waals surface area contributed by atoms with E-state index in [0.29, 0.717) is 0 Å². The van der Waals surface area contributed by atoms with E-state index in [1.807, 2.05) is 0 Å². The van der Waals surface area contributed by atoms with Gasteiger partial charge < -0.3 is 0 Å². The Kier molecular flexibility index (Phi) is 186. The van der Waals surface area contributed by atoms with Gasteiger partial charge in [0.15, 0.2) is 0 Å². The third-order valence-electron chi connectivity index (χ3n) is 0. The summed E-state index contributed by atoms with van der Waals surface area (Å²) in [5.41, 5.74) is 0. The molecule has 33 valence electrons. The Bertz CT molecular complexity index is 3.25. The first kappa shape index (κ1) is 37.3. The zero-order valence-electron chi connectivity index (χ0n) is 1.53. The minimum Gasteiger partial charge on any atom is 0 e. The van der Waals surface area contributed by atoms with Gasteiger partial charge in [0.05, 0.1) is 0 Å². The SMILES string of the molecule is [Al].[Ni].[Ni].[Ni]. The number of hydrogen-bond acceptors (Lipinski definition) is 0. The molecule has 0 nitrogen and oxygen atoms in total. The van der Waals surface area contributed by atoms with Crippen molar-refractivity contribution >= 4 is 17.4 Å². The van der Waals surface area contributed by atoms with Crippen LogP contribution in [0.3, 0.4) is 0 Å². The molecule has 4 heteroatoms. The van der Waals surface area contributed by atoms with Crippen LogP contribution in [0.5, 0.6) is 0 Å². The van der Waals surface area contributed by atoms with Crippen LogP contribution in [0.4, 0.5) is 0 Å². The number of hydrogen-bond donors (Lipinski definition) is 0. The van der Waals surface area contributed by atoms with E-state index < -0.39 is 0 Å². The van der Waals surface area contributed by atoms with Crippen LogP contribution in [0.2, 0.25) is 0 Å². The summed E-state index contributed by atoms with van der Waals surface area (Å²) in [5.74, 6) is 0. The maximum absolute atomic E-state index is 0. The van der Waals surface area contributed by atoms with Crippen molar-refractivity contribution < 1.29 is 49.5 Å². The molecule has 0 bridgehead atoms. The summed E-state index contributed by atoms with van der Waals surface area (Å²) < 4.78 is 0. The second-order valence-electron chi connectivity index (χ2n) is 0. The molecule has 0 saturated heterocycles. The van der Waals surface area contributed by atoms with Gasteiger partial charge in [-0.3, -0.25) is 0 Å². The monoisotopic (exact) mass is 201 g/mol. The van der Waals surface area contributed by atoms with Gasteiger partial charge in [0.2, 0.25) is 0 Å². The van der Waals surface area contributed by atoms with Crippen molar-refractivity contribution in [1.82, 2.24) is 0 Å². The van der Waals surface area contributed by atoms with Crippen LogP contribution in [-0.4, -0.2) is 17.4 Å². The molecule has 0 amide bonds. The van der Waals surface area contributed by atoms with E-state index in [4.69, 9.17) is 0 Å². The van der Waals surface area contributed by atoms with Crippen LogP contribution in [0, 0.1) is 0 Å². The van der Waals surface area contributed by atoms with Crippen LogP contribution in [0.25, 0.3) is 0 Å². The van der Waals surface area contributed by atoms with Gasteiger partial charge >= 0.3 is 0 Å². The van der Waals surface area contributed by atoms with Gasteiger partial charge in [-0.15, -0.1) is 0 Å². The average molecular weight is 203 g/mol. The van der Waals surface area contributed by atoms with Crippen LogP contribution >= 0.6 is 0 Å². The van der Waals surface area contributed by atoms with Gasteiger partial charge in [0.1, 0.15) is 0 Å². The van der Waals surface area contributed by atoms with E-state index in [-0.39, 0.29) is 66.8 Å². The summed E-state index contributed by atoms with van der Waals surface area (Å²) in [4.78, 5) is 0. The summed E-state index contributed by atoms with van der Waals surface area (Å²) in [6, 6.07) is 0. The Morgan fingerprint density at radius 1 is 0.500 bits per heavy atom. The molecule has 0 aliphatic rings. The fourth-order valence-corrected chi connectivity index (χ4v) is 0. The summed E-state index contributed by atoms with van der Waals surface area (Å²) in [6.45, 7) is 0. The molecule has 0 saturated carbocycles. The zero-order chi connectivity index (χ0) is 0. The molecule has 0 atom stereocenters. The maximum atomic E-state index is 0. The smallest absolute Gasteiger partial charge is 0 e. The molecule has 0 fully saturated rings. The van der Waals surface area contributed by atoms with Crippen molar-refractivity contribution in [3.05, 3.63) is 0 Å². The Hall–Kier alpha value is 2.01. The predicted molar refractivity (Wildman–Crippen MR) is 5.75 cm³/mol. The summed E-state index contributed by atoms with van der Waals surface area (Å²) in [7, 11) is 0. The third-order valence-corrected chi connectivity index (χ3v) is 0. The molecular weight excluding hydrogens is 203 g/mol. The van der Waals surface area contributed by atoms with Crippen LogP contribution < -0.4 is 0 Å². The number of rotatable bonds is 0. The molecule has 4 heavy (non-hydrogen) atoms. The van der Waals surface area contributed by atoms with E-state index >= 15 is 0 Å². The molecule has 3 radical (unpaired) electrons. The minimum atomic E-state index is 0. The summed E-state index contributed by atoms with van der Waals surface area (Å²) in [6.07, 6.45) is 0. The molecule has 0 aliphatic carbocycles. The van der Waals surface area contributed by atoms with Crippen molar-refractivity contribution in [3.63, 3.8) is 0 Å². The summed E-state index contributed by atoms with van der Waals surface area (Å²) >= 11 is 0. The van der Waals surface area contributed by atoms with Gasteiger partial charge in [-0.1, -0.05) is 0 Å². The maximum Gasteiger partial charge on any atom is 0 e. The minimum absolute atomic E-state index is 0. The molecule has 0 spiro atoms. The normalized spacial score (nSPS) is 0. The largest absolute Gasteiger partial charge is 0 e. The molecule has 0 aromatic rings. The molecule has 0 heterocycles. The van der Waals surface area contributed by atoms with E-state index in [1.54, 1.807) is 0 Å². The van der Waals surface area contributed by atoms with E-state index in [0.717, 1.165) is 0 Å². The summed E-state index contributed by atoms with van der Waals surface area (Å²) in [5, 5.41) is 0. The predicted octanol–water partition coefficient (Wildman–Crippen LogP) is -0.388. The van der Waals surface area contributed by atoms with E-state index in [1.165, 1.54) is 0 Å². The second-order valence-corrected chi connectivity index (χ2v) is 0. The third kappa shape index (κ3) is 8.99. The van der Waals surface area contributed by atoms with Crippen molar-refractivity contribution in [2.75, 3.05) is 0 Å². The molecule has 0 aromatic heterocycles. The molecule has 0 unspecified atom stereocenters. The first-order valence-electron chi connectivity index (χ1n) is 0. The molecule has 0 N–H and O–H groups in total. The quantitative estimate of drug-likeness (QED) is 0.470. The first-order chi connectivity index (χ1) is 0. The second kappa shape index (κ2) is 19.9. The van der Waals surface area contributed by atoms with E-state index in [2.05, 4.69) is 0 Å². The Morgan fingerprint density at radius 3 is 0.500 bits per heavy atom. The zero-order valence-corrected chi connectivity index (χ0v) is 5.64. The van der Waals surface area contributed by atoms with Crippen molar-refractivity contribution in [3.8, 4) is 0 Å². The van der Waals surface area contributed by atoms with Crippen molar-refractivity contribution in [2.24, 2.45) is 0 Å². The topological polar surface area (TPSA) is 0 Å². The van der Waals surface area contributed by atoms with Gasteiger partial charge in [-0.05, 0) is 0 Å². The van der Waals surface area contributed by atoms with Gasteiger partial charge in [0.25, 0.3) is 0 Å².